The van der Waals surface area contributed by atoms with Crippen LogP contribution in [-0.4, -0.2) is 26.8 Å². The molecule has 0 aliphatic carbocycles. The van der Waals surface area contributed by atoms with Gasteiger partial charge in [0.05, 0.1) is 11.3 Å². The highest BCUT2D eigenvalue weighted by Gasteiger charge is 2.19. The van der Waals surface area contributed by atoms with Crippen LogP contribution in [0.25, 0.3) is 0 Å². The van der Waals surface area contributed by atoms with Crippen molar-refractivity contribution in [3.05, 3.63) is 46.3 Å². The van der Waals surface area contributed by atoms with E-state index in [1.807, 2.05) is 32.5 Å². The predicted molar refractivity (Wildman–Crippen MR) is 92.3 cm³/mol. The molecular weight excluding hydrogens is 306 g/mol. The van der Waals surface area contributed by atoms with Gasteiger partial charge in [-0.1, -0.05) is 6.92 Å². The number of benzene rings is 1. The number of aromatic nitrogens is 2. The molecule has 1 amide bonds. The first-order chi connectivity index (χ1) is 11.2. The molecule has 24 heavy (non-hydrogen) atoms. The lowest BCUT2D eigenvalue weighted by molar-refractivity contribution is -0.119. The van der Waals surface area contributed by atoms with E-state index in [2.05, 4.69) is 10.4 Å². The lowest BCUT2D eigenvalue weighted by Gasteiger charge is -2.13. The third-order valence-electron chi connectivity index (χ3n) is 4.34. The SMILES string of the molecule is Cc1cc(NC(=O)C(C)Cc2c(C)nn(C)c2C)ccc1C(=O)O. The van der Waals surface area contributed by atoms with Gasteiger partial charge in [-0.3, -0.25) is 9.48 Å². The Kier molecular flexibility index (Phi) is 5.07. The van der Waals surface area contributed by atoms with Crippen molar-refractivity contribution in [3.8, 4) is 0 Å². The number of hydrogen-bond donors (Lipinski definition) is 2. The van der Waals surface area contributed by atoms with Gasteiger partial charge in [0, 0.05) is 24.3 Å². The number of rotatable bonds is 5. The van der Waals surface area contributed by atoms with E-state index in [1.165, 1.54) is 6.07 Å². The molecule has 0 aliphatic rings. The van der Waals surface area contributed by atoms with Crippen LogP contribution in [0.5, 0.6) is 0 Å². The Morgan fingerprint density at radius 3 is 2.46 bits per heavy atom. The number of amides is 1. The Hall–Kier alpha value is -2.63. The summed E-state index contributed by atoms with van der Waals surface area (Å²) in [7, 11) is 1.89. The monoisotopic (exact) mass is 329 g/mol. The fourth-order valence-corrected chi connectivity index (χ4v) is 2.76. The molecule has 1 aromatic heterocycles. The second-order valence-corrected chi connectivity index (χ2v) is 6.20. The van der Waals surface area contributed by atoms with E-state index < -0.39 is 5.97 Å². The lowest BCUT2D eigenvalue weighted by atomic mass is 9.98. The highest BCUT2D eigenvalue weighted by Crippen LogP contribution is 2.20. The summed E-state index contributed by atoms with van der Waals surface area (Å²) in [6, 6.07) is 4.80. The highest BCUT2D eigenvalue weighted by atomic mass is 16.4. The summed E-state index contributed by atoms with van der Waals surface area (Å²) in [5.74, 6) is -1.28. The molecule has 1 aromatic carbocycles. The molecular formula is C18H23N3O3. The van der Waals surface area contributed by atoms with Crippen molar-refractivity contribution in [3.63, 3.8) is 0 Å². The summed E-state index contributed by atoms with van der Waals surface area (Å²) in [4.78, 5) is 23.5. The number of aromatic carboxylic acids is 1. The molecule has 0 saturated carbocycles. The molecule has 2 rings (SSSR count). The standard InChI is InChI=1S/C18H23N3O3/c1-10-8-14(6-7-15(10)18(23)24)19-17(22)11(2)9-16-12(3)20-21(5)13(16)4/h6-8,11H,9H2,1-5H3,(H,19,22)(H,23,24). The molecule has 1 unspecified atom stereocenters. The van der Waals surface area contributed by atoms with Crippen LogP contribution in [0.2, 0.25) is 0 Å². The number of anilines is 1. The van der Waals surface area contributed by atoms with Crippen molar-refractivity contribution >= 4 is 17.6 Å². The first kappa shape index (κ1) is 17.7. The minimum atomic E-state index is -0.971. The minimum absolute atomic E-state index is 0.0971. The minimum Gasteiger partial charge on any atom is -0.478 e. The highest BCUT2D eigenvalue weighted by molar-refractivity contribution is 5.94. The lowest BCUT2D eigenvalue weighted by Crippen LogP contribution is -2.22. The van der Waals surface area contributed by atoms with Crippen molar-refractivity contribution in [2.45, 2.75) is 34.1 Å². The number of carboxylic acids is 1. The van der Waals surface area contributed by atoms with E-state index in [9.17, 15) is 9.59 Å². The van der Waals surface area contributed by atoms with Crippen molar-refractivity contribution in [1.82, 2.24) is 9.78 Å². The molecule has 0 spiro atoms. The number of nitrogens with zero attached hydrogens (tertiary/aromatic N) is 2. The zero-order valence-corrected chi connectivity index (χ0v) is 14.7. The van der Waals surface area contributed by atoms with Gasteiger partial charge in [-0.25, -0.2) is 4.79 Å². The van der Waals surface area contributed by atoms with Crippen molar-refractivity contribution in [2.75, 3.05) is 5.32 Å². The maximum Gasteiger partial charge on any atom is 0.335 e. The molecule has 1 heterocycles. The molecule has 0 fully saturated rings. The topological polar surface area (TPSA) is 84.2 Å². The zero-order valence-electron chi connectivity index (χ0n) is 14.7. The van der Waals surface area contributed by atoms with E-state index in [4.69, 9.17) is 5.11 Å². The van der Waals surface area contributed by atoms with Gasteiger partial charge < -0.3 is 10.4 Å². The van der Waals surface area contributed by atoms with Crippen LogP contribution < -0.4 is 5.32 Å². The maximum absolute atomic E-state index is 12.4. The summed E-state index contributed by atoms with van der Waals surface area (Å²) in [6.45, 7) is 7.53. The van der Waals surface area contributed by atoms with Crippen LogP contribution >= 0.6 is 0 Å². The van der Waals surface area contributed by atoms with E-state index in [0.29, 0.717) is 17.7 Å². The van der Waals surface area contributed by atoms with E-state index in [-0.39, 0.29) is 17.4 Å². The fourth-order valence-electron chi connectivity index (χ4n) is 2.76. The molecule has 0 bridgehead atoms. The number of carbonyl (C=O) groups excluding carboxylic acids is 1. The van der Waals surface area contributed by atoms with Gasteiger partial charge >= 0.3 is 5.97 Å². The van der Waals surface area contributed by atoms with Crippen molar-refractivity contribution < 1.29 is 14.7 Å². The second-order valence-electron chi connectivity index (χ2n) is 6.20. The van der Waals surface area contributed by atoms with Gasteiger partial charge in [-0.05, 0) is 56.5 Å². The summed E-state index contributed by atoms with van der Waals surface area (Å²) in [6.07, 6.45) is 0.615. The molecule has 6 heteroatoms. The van der Waals surface area contributed by atoms with Crippen LogP contribution in [0.1, 0.15) is 39.8 Å². The van der Waals surface area contributed by atoms with Crippen LogP contribution in [-0.2, 0) is 18.3 Å². The quantitative estimate of drug-likeness (QED) is 0.883. The van der Waals surface area contributed by atoms with Gasteiger partial charge in [0.1, 0.15) is 0 Å². The largest absolute Gasteiger partial charge is 0.478 e. The summed E-state index contributed by atoms with van der Waals surface area (Å²) < 4.78 is 1.82. The molecule has 2 aromatic rings. The molecule has 0 saturated heterocycles. The van der Waals surface area contributed by atoms with E-state index in [0.717, 1.165) is 17.0 Å². The Balaban J connectivity index is 2.09. The van der Waals surface area contributed by atoms with Crippen LogP contribution in [0.15, 0.2) is 18.2 Å². The first-order valence-electron chi connectivity index (χ1n) is 7.84. The molecule has 6 nitrogen and oxygen atoms in total. The van der Waals surface area contributed by atoms with E-state index >= 15 is 0 Å². The molecule has 128 valence electrons. The number of nitrogens with one attached hydrogen (secondary N) is 1. The van der Waals surface area contributed by atoms with Crippen molar-refractivity contribution in [1.29, 1.82) is 0 Å². The maximum atomic E-state index is 12.4. The van der Waals surface area contributed by atoms with Crippen LogP contribution in [0.4, 0.5) is 5.69 Å². The Labute approximate surface area is 141 Å². The Morgan fingerprint density at radius 2 is 1.96 bits per heavy atom. The van der Waals surface area contributed by atoms with Gasteiger partial charge in [-0.15, -0.1) is 0 Å². The third kappa shape index (κ3) is 3.64. The first-order valence-corrected chi connectivity index (χ1v) is 7.84. The number of carboxylic acid groups (broad SMARTS) is 1. The fraction of sp³-hybridized carbons (Fsp3) is 0.389. The normalized spacial score (nSPS) is 12.0. The molecule has 0 radical (unpaired) electrons. The summed E-state index contributed by atoms with van der Waals surface area (Å²) in [5, 5.41) is 16.3. The van der Waals surface area contributed by atoms with Gasteiger partial charge in [-0.2, -0.15) is 5.10 Å². The average Bonchev–Trinajstić information content (AvgIpc) is 2.73. The number of carbonyl (C=O) groups is 2. The summed E-state index contributed by atoms with van der Waals surface area (Å²) in [5.41, 5.74) is 4.56. The molecule has 1 atom stereocenters. The summed E-state index contributed by atoms with van der Waals surface area (Å²) >= 11 is 0. The zero-order chi connectivity index (χ0) is 18.0. The average molecular weight is 329 g/mol. The van der Waals surface area contributed by atoms with Gasteiger partial charge in [0.2, 0.25) is 5.91 Å². The Morgan fingerprint density at radius 1 is 1.29 bits per heavy atom. The molecule has 2 N–H and O–H groups in total. The third-order valence-corrected chi connectivity index (χ3v) is 4.34. The number of hydrogen-bond acceptors (Lipinski definition) is 3. The smallest absolute Gasteiger partial charge is 0.335 e. The molecule has 0 aliphatic heterocycles. The number of aryl methyl sites for hydroxylation is 3. The predicted octanol–water partition coefficient (Wildman–Crippen LogP) is 2.86. The van der Waals surface area contributed by atoms with Crippen LogP contribution in [0, 0.1) is 26.7 Å². The van der Waals surface area contributed by atoms with E-state index in [1.54, 1.807) is 19.1 Å². The second kappa shape index (κ2) is 6.86. The van der Waals surface area contributed by atoms with Gasteiger partial charge in [0.15, 0.2) is 0 Å². The van der Waals surface area contributed by atoms with Crippen molar-refractivity contribution in [2.24, 2.45) is 13.0 Å². The van der Waals surface area contributed by atoms with Gasteiger partial charge in [0.25, 0.3) is 0 Å². The van der Waals surface area contributed by atoms with Crippen LogP contribution in [0.3, 0.4) is 0 Å². The Bertz CT molecular complexity index is 793.